The average Bonchev–Trinajstić information content (AvgIpc) is 2.74. The van der Waals surface area contributed by atoms with Crippen molar-refractivity contribution in [1.82, 2.24) is 0 Å². The highest BCUT2D eigenvalue weighted by Crippen LogP contribution is 2.25. The SMILES string of the molecule is NCC(Cc1cccc(Cl)c1)Cc1ccc(Cl)s1. The lowest BCUT2D eigenvalue weighted by Gasteiger charge is -2.13. The van der Waals surface area contributed by atoms with Gasteiger partial charge in [0.05, 0.1) is 4.34 Å². The normalized spacial score (nSPS) is 12.6. The number of thiophene rings is 1. The molecule has 1 nitrogen and oxygen atoms in total. The first-order valence-corrected chi connectivity index (χ1v) is 7.43. The van der Waals surface area contributed by atoms with Crippen LogP contribution in [0.25, 0.3) is 0 Å². The van der Waals surface area contributed by atoms with Gasteiger partial charge in [-0.1, -0.05) is 35.3 Å². The van der Waals surface area contributed by atoms with Crippen LogP contribution in [0.1, 0.15) is 10.4 Å². The van der Waals surface area contributed by atoms with Gasteiger partial charge in [0.15, 0.2) is 0 Å². The fraction of sp³-hybridized carbons (Fsp3) is 0.286. The molecule has 18 heavy (non-hydrogen) atoms. The fourth-order valence-electron chi connectivity index (χ4n) is 1.98. The summed E-state index contributed by atoms with van der Waals surface area (Å²) >= 11 is 13.6. The minimum Gasteiger partial charge on any atom is -0.330 e. The van der Waals surface area contributed by atoms with Crippen LogP contribution in [-0.2, 0) is 12.8 Å². The summed E-state index contributed by atoms with van der Waals surface area (Å²) in [5.41, 5.74) is 7.09. The molecule has 0 spiro atoms. The van der Waals surface area contributed by atoms with Crippen molar-refractivity contribution in [2.45, 2.75) is 12.8 Å². The molecule has 0 amide bonds. The van der Waals surface area contributed by atoms with Gasteiger partial charge in [0.2, 0.25) is 0 Å². The van der Waals surface area contributed by atoms with Crippen LogP contribution in [0.4, 0.5) is 0 Å². The van der Waals surface area contributed by atoms with Crippen molar-refractivity contribution >= 4 is 34.5 Å². The highest BCUT2D eigenvalue weighted by Gasteiger charge is 2.11. The fourth-order valence-corrected chi connectivity index (χ4v) is 3.40. The Labute approximate surface area is 122 Å². The maximum absolute atomic E-state index is 5.99. The molecule has 2 N–H and O–H groups in total. The van der Waals surface area contributed by atoms with Crippen molar-refractivity contribution in [3.05, 3.63) is 56.2 Å². The summed E-state index contributed by atoms with van der Waals surface area (Å²) in [6, 6.07) is 12.0. The Kier molecular flexibility index (Phi) is 5.07. The zero-order valence-electron chi connectivity index (χ0n) is 9.90. The molecule has 1 heterocycles. The van der Waals surface area contributed by atoms with Gasteiger partial charge in [0.1, 0.15) is 0 Å². The van der Waals surface area contributed by atoms with E-state index in [4.69, 9.17) is 28.9 Å². The maximum Gasteiger partial charge on any atom is 0.0931 e. The van der Waals surface area contributed by atoms with Gasteiger partial charge in [0, 0.05) is 9.90 Å². The molecule has 1 atom stereocenters. The summed E-state index contributed by atoms with van der Waals surface area (Å²) in [6.45, 7) is 0.669. The lowest BCUT2D eigenvalue weighted by atomic mass is 9.96. The summed E-state index contributed by atoms with van der Waals surface area (Å²) in [4.78, 5) is 1.29. The zero-order valence-corrected chi connectivity index (χ0v) is 12.2. The van der Waals surface area contributed by atoms with Crippen molar-refractivity contribution in [2.24, 2.45) is 11.7 Å². The van der Waals surface area contributed by atoms with Crippen molar-refractivity contribution in [3.63, 3.8) is 0 Å². The van der Waals surface area contributed by atoms with Crippen LogP contribution in [-0.4, -0.2) is 6.54 Å². The largest absolute Gasteiger partial charge is 0.330 e. The van der Waals surface area contributed by atoms with Gasteiger partial charge in [-0.05, 0) is 55.1 Å². The first kappa shape index (κ1) is 13.9. The summed E-state index contributed by atoms with van der Waals surface area (Å²) in [5.74, 6) is 0.429. The van der Waals surface area contributed by atoms with Gasteiger partial charge in [-0.15, -0.1) is 11.3 Å². The molecule has 0 aliphatic heterocycles. The highest BCUT2D eigenvalue weighted by atomic mass is 35.5. The Bertz CT molecular complexity index is 510. The number of hydrogen-bond acceptors (Lipinski definition) is 2. The number of rotatable bonds is 5. The van der Waals surface area contributed by atoms with E-state index in [0.717, 1.165) is 22.2 Å². The molecule has 2 rings (SSSR count). The van der Waals surface area contributed by atoms with Gasteiger partial charge in [-0.3, -0.25) is 0 Å². The molecule has 0 radical (unpaired) electrons. The van der Waals surface area contributed by atoms with Gasteiger partial charge in [0.25, 0.3) is 0 Å². The Morgan fingerprint density at radius 1 is 1.11 bits per heavy atom. The molecule has 0 saturated heterocycles. The molecule has 0 saturated carbocycles. The van der Waals surface area contributed by atoms with E-state index in [2.05, 4.69) is 12.1 Å². The van der Waals surface area contributed by atoms with E-state index in [9.17, 15) is 0 Å². The van der Waals surface area contributed by atoms with E-state index in [1.165, 1.54) is 10.4 Å². The Morgan fingerprint density at radius 3 is 2.56 bits per heavy atom. The van der Waals surface area contributed by atoms with E-state index in [-0.39, 0.29) is 0 Å². The molecule has 0 fully saturated rings. The standard InChI is InChI=1S/C14H15Cl2NS/c15-12-3-1-2-10(7-12)6-11(9-17)8-13-4-5-14(16)18-13/h1-5,7,11H,6,8-9,17H2. The second kappa shape index (κ2) is 6.58. The van der Waals surface area contributed by atoms with Crippen LogP contribution in [0, 0.1) is 5.92 Å². The van der Waals surface area contributed by atoms with Gasteiger partial charge in [-0.2, -0.15) is 0 Å². The average molecular weight is 300 g/mol. The predicted octanol–water partition coefficient (Wildman–Crippen LogP) is 4.42. The first-order chi connectivity index (χ1) is 8.67. The van der Waals surface area contributed by atoms with E-state index in [1.54, 1.807) is 11.3 Å². The topological polar surface area (TPSA) is 26.0 Å². The van der Waals surface area contributed by atoms with Crippen molar-refractivity contribution in [2.75, 3.05) is 6.54 Å². The molecule has 1 unspecified atom stereocenters. The third kappa shape index (κ3) is 3.99. The molecule has 1 aromatic carbocycles. The molecule has 0 aliphatic rings. The molecular formula is C14H15Cl2NS. The lowest BCUT2D eigenvalue weighted by molar-refractivity contribution is 0.537. The van der Waals surface area contributed by atoms with E-state index >= 15 is 0 Å². The smallest absolute Gasteiger partial charge is 0.0931 e. The molecule has 0 aliphatic carbocycles. The van der Waals surface area contributed by atoms with Gasteiger partial charge < -0.3 is 5.73 Å². The van der Waals surface area contributed by atoms with Crippen LogP contribution in [0.15, 0.2) is 36.4 Å². The third-order valence-corrected chi connectivity index (χ3v) is 4.35. The molecule has 0 bridgehead atoms. The minimum atomic E-state index is 0.429. The van der Waals surface area contributed by atoms with E-state index < -0.39 is 0 Å². The van der Waals surface area contributed by atoms with Crippen molar-refractivity contribution < 1.29 is 0 Å². The Hall–Kier alpha value is -0.540. The highest BCUT2D eigenvalue weighted by molar-refractivity contribution is 7.16. The summed E-state index contributed by atoms with van der Waals surface area (Å²) in [6.07, 6.45) is 1.92. The number of halogens is 2. The van der Waals surface area contributed by atoms with Crippen LogP contribution in [0.5, 0.6) is 0 Å². The quantitative estimate of drug-likeness (QED) is 0.869. The third-order valence-electron chi connectivity index (χ3n) is 2.87. The minimum absolute atomic E-state index is 0.429. The summed E-state index contributed by atoms with van der Waals surface area (Å²) < 4.78 is 0.837. The molecule has 1 aromatic heterocycles. The maximum atomic E-state index is 5.99. The number of nitrogens with two attached hydrogens (primary N) is 1. The van der Waals surface area contributed by atoms with Crippen molar-refractivity contribution in [1.29, 1.82) is 0 Å². The second-order valence-corrected chi connectivity index (χ2v) is 6.58. The predicted molar refractivity (Wildman–Crippen MR) is 80.7 cm³/mol. The Balaban J connectivity index is 2.01. The van der Waals surface area contributed by atoms with Gasteiger partial charge >= 0.3 is 0 Å². The lowest BCUT2D eigenvalue weighted by Crippen LogP contribution is -2.18. The van der Waals surface area contributed by atoms with E-state index in [0.29, 0.717) is 12.5 Å². The molecule has 4 heteroatoms. The zero-order chi connectivity index (χ0) is 13.0. The van der Waals surface area contributed by atoms with Gasteiger partial charge in [-0.25, -0.2) is 0 Å². The van der Waals surface area contributed by atoms with Crippen LogP contribution in [0.2, 0.25) is 9.36 Å². The van der Waals surface area contributed by atoms with Crippen LogP contribution < -0.4 is 5.73 Å². The van der Waals surface area contributed by atoms with Crippen molar-refractivity contribution in [3.8, 4) is 0 Å². The first-order valence-electron chi connectivity index (χ1n) is 5.86. The van der Waals surface area contributed by atoms with Crippen LogP contribution >= 0.6 is 34.5 Å². The molecule has 96 valence electrons. The summed E-state index contributed by atoms with van der Waals surface area (Å²) in [5, 5.41) is 0.780. The second-order valence-electron chi connectivity index (χ2n) is 4.35. The molecular weight excluding hydrogens is 285 g/mol. The summed E-state index contributed by atoms with van der Waals surface area (Å²) in [7, 11) is 0. The monoisotopic (exact) mass is 299 g/mol. The van der Waals surface area contributed by atoms with E-state index in [1.807, 2.05) is 24.3 Å². The number of benzene rings is 1. The number of hydrogen-bond donors (Lipinski definition) is 1. The molecule has 2 aromatic rings. The van der Waals surface area contributed by atoms with Crippen LogP contribution in [0.3, 0.4) is 0 Å². The Morgan fingerprint density at radius 2 is 1.94 bits per heavy atom.